The molecule has 15 heavy (non-hydrogen) atoms. The number of hydrogen-bond donors (Lipinski definition) is 1. The first kappa shape index (κ1) is 11.1. The highest BCUT2D eigenvalue weighted by Crippen LogP contribution is 2.28. The molecule has 0 amide bonds. The Morgan fingerprint density at radius 3 is 2.73 bits per heavy atom. The van der Waals surface area contributed by atoms with Crippen molar-refractivity contribution in [3.05, 3.63) is 21.9 Å². The topological polar surface area (TPSA) is 23.5 Å². The fourth-order valence-electron chi connectivity index (χ4n) is 2.24. The zero-order valence-electron chi connectivity index (χ0n) is 9.49. The van der Waals surface area contributed by atoms with Crippen LogP contribution in [0, 0.1) is 0 Å². The van der Waals surface area contributed by atoms with Gasteiger partial charge in [0.15, 0.2) is 0 Å². The molecule has 1 fully saturated rings. The zero-order chi connectivity index (χ0) is 10.9. The van der Waals surface area contributed by atoms with E-state index in [0.29, 0.717) is 0 Å². The molecule has 0 aliphatic carbocycles. The van der Waals surface area contributed by atoms with Crippen LogP contribution in [0.2, 0.25) is 0 Å². The van der Waals surface area contributed by atoms with Crippen LogP contribution >= 0.6 is 11.3 Å². The second-order valence-electron chi connectivity index (χ2n) is 4.61. The Morgan fingerprint density at radius 2 is 2.20 bits per heavy atom. The van der Waals surface area contributed by atoms with Crippen molar-refractivity contribution in [3.8, 4) is 0 Å². The summed E-state index contributed by atoms with van der Waals surface area (Å²) in [5, 5.41) is 10.4. The van der Waals surface area contributed by atoms with Gasteiger partial charge in [0.05, 0.1) is 5.60 Å². The molecule has 1 aromatic rings. The van der Waals surface area contributed by atoms with Gasteiger partial charge in [0.1, 0.15) is 0 Å². The molecule has 1 atom stereocenters. The van der Waals surface area contributed by atoms with Gasteiger partial charge in [0.25, 0.3) is 0 Å². The molecule has 0 bridgehead atoms. The minimum absolute atomic E-state index is 0.482. The molecule has 1 N–H and O–H groups in total. The predicted octanol–water partition coefficient (Wildman–Crippen LogP) is 1.92. The normalized spacial score (nSPS) is 27.4. The summed E-state index contributed by atoms with van der Waals surface area (Å²) >= 11 is 1.84. The zero-order valence-corrected chi connectivity index (χ0v) is 10.3. The number of likely N-dealkylation sites (tertiary alicyclic amines) is 1. The van der Waals surface area contributed by atoms with E-state index in [1.54, 1.807) is 0 Å². The van der Waals surface area contributed by atoms with Crippen molar-refractivity contribution in [3.63, 3.8) is 0 Å². The maximum absolute atomic E-state index is 10.4. The van der Waals surface area contributed by atoms with Crippen LogP contribution in [0.25, 0.3) is 0 Å². The summed E-state index contributed by atoms with van der Waals surface area (Å²) in [4.78, 5) is 4.94. The van der Waals surface area contributed by atoms with Gasteiger partial charge in [0, 0.05) is 29.3 Å². The SMILES string of the molecule is CCc1ccc(CC2(O)CCN(C)C2)s1. The van der Waals surface area contributed by atoms with E-state index in [4.69, 9.17) is 0 Å². The lowest BCUT2D eigenvalue weighted by molar-refractivity contribution is 0.0531. The van der Waals surface area contributed by atoms with Crippen molar-refractivity contribution >= 4 is 11.3 Å². The van der Waals surface area contributed by atoms with Gasteiger partial charge in [0.2, 0.25) is 0 Å². The van der Waals surface area contributed by atoms with E-state index in [1.165, 1.54) is 9.75 Å². The maximum Gasteiger partial charge on any atom is 0.0834 e. The summed E-state index contributed by atoms with van der Waals surface area (Å²) < 4.78 is 0. The molecule has 0 saturated carbocycles. The Labute approximate surface area is 95.5 Å². The molecule has 1 saturated heterocycles. The van der Waals surface area contributed by atoms with E-state index in [-0.39, 0.29) is 0 Å². The molecule has 0 radical (unpaired) electrons. The molecule has 3 heteroatoms. The van der Waals surface area contributed by atoms with Gasteiger partial charge in [-0.15, -0.1) is 11.3 Å². The molecule has 1 aliphatic heterocycles. The molecule has 0 aromatic carbocycles. The lowest BCUT2D eigenvalue weighted by Gasteiger charge is -2.21. The Hall–Kier alpha value is -0.380. The largest absolute Gasteiger partial charge is 0.388 e. The standard InChI is InChI=1S/C12H19NOS/c1-3-10-4-5-11(15-10)8-12(14)6-7-13(2)9-12/h4-5,14H,3,6-9H2,1-2H3. The lowest BCUT2D eigenvalue weighted by atomic mass is 9.98. The van der Waals surface area contributed by atoms with Crippen LogP contribution in [0.1, 0.15) is 23.1 Å². The van der Waals surface area contributed by atoms with Crippen LogP contribution in [0.3, 0.4) is 0 Å². The van der Waals surface area contributed by atoms with Gasteiger partial charge < -0.3 is 10.0 Å². The summed E-state index contributed by atoms with van der Waals surface area (Å²) in [6.07, 6.45) is 2.83. The van der Waals surface area contributed by atoms with Gasteiger partial charge in [-0.05, 0) is 32.0 Å². The highest BCUT2D eigenvalue weighted by atomic mass is 32.1. The number of nitrogens with zero attached hydrogens (tertiary/aromatic N) is 1. The number of thiophene rings is 1. The summed E-state index contributed by atoms with van der Waals surface area (Å²) in [5.41, 5.74) is -0.482. The highest BCUT2D eigenvalue weighted by Gasteiger charge is 2.34. The maximum atomic E-state index is 10.4. The third-order valence-electron chi connectivity index (χ3n) is 3.09. The number of hydrogen-bond acceptors (Lipinski definition) is 3. The van der Waals surface area contributed by atoms with Gasteiger partial charge >= 0.3 is 0 Å². The molecule has 2 heterocycles. The van der Waals surface area contributed by atoms with Gasteiger partial charge in [-0.1, -0.05) is 6.92 Å². The van der Waals surface area contributed by atoms with E-state index in [0.717, 1.165) is 32.4 Å². The first-order chi connectivity index (χ1) is 7.11. The van der Waals surface area contributed by atoms with Gasteiger partial charge in [-0.3, -0.25) is 0 Å². The monoisotopic (exact) mass is 225 g/mol. The molecular formula is C12H19NOS. The Kier molecular flexibility index (Phi) is 3.14. The minimum Gasteiger partial charge on any atom is -0.388 e. The molecular weight excluding hydrogens is 206 g/mol. The average Bonchev–Trinajstić information content (AvgIpc) is 2.74. The highest BCUT2D eigenvalue weighted by molar-refractivity contribution is 7.12. The first-order valence-corrected chi connectivity index (χ1v) is 6.41. The second kappa shape index (κ2) is 4.24. The van der Waals surface area contributed by atoms with Crippen molar-refractivity contribution in [1.29, 1.82) is 0 Å². The van der Waals surface area contributed by atoms with Crippen molar-refractivity contribution < 1.29 is 5.11 Å². The average molecular weight is 225 g/mol. The third-order valence-corrected chi connectivity index (χ3v) is 4.32. The third kappa shape index (κ3) is 2.60. The van der Waals surface area contributed by atoms with Crippen LogP contribution in [0.5, 0.6) is 0 Å². The number of rotatable bonds is 3. The first-order valence-electron chi connectivity index (χ1n) is 5.60. The van der Waals surface area contributed by atoms with E-state index in [2.05, 4.69) is 31.0 Å². The summed E-state index contributed by atoms with van der Waals surface area (Å²) in [5.74, 6) is 0. The second-order valence-corrected chi connectivity index (χ2v) is 5.86. The summed E-state index contributed by atoms with van der Waals surface area (Å²) in [7, 11) is 2.07. The molecule has 1 aliphatic rings. The fraction of sp³-hybridized carbons (Fsp3) is 0.667. The molecule has 84 valence electrons. The fourth-order valence-corrected chi connectivity index (χ4v) is 3.33. The van der Waals surface area contributed by atoms with Crippen LogP contribution in [-0.2, 0) is 12.8 Å². The van der Waals surface area contributed by atoms with Crippen molar-refractivity contribution in [1.82, 2.24) is 4.90 Å². The molecule has 2 rings (SSSR count). The van der Waals surface area contributed by atoms with Crippen LogP contribution in [0.4, 0.5) is 0 Å². The predicted molar refractivity (Wildman–Crippen MR) is 64.5 cm³/mol. The smallest absolute Gasteiger partial charge is 0.0834 e. The Balaban J connectivity index is 2.02. The van der Waals surface area contributed by atoms with E-state index < -0.39 is 5.60 Å². The molecule has 1 unspecified atom stereocenters. The Bertz CT molecular complexity index is 336. The Morgan fingerprint density at radius 1 is 1.47 bits per heavy atom. The number of β-amino-alcohol motifs (C(OH)–C–C–N with tert-alkyl or cyclic N) is 1. The van der Waals surface area contributed by atoms with E-state index in [1.807, 2.05) is 11.3 Å². The molecule has 2 nitrogen and oxygen atoms in total. The quantitative estimate of drug-likeness (QED) is 0.849. The van der Waals surface area contributed by atoms with Gasteiger partial charge in [-0.25, -0.2) is 0 Å². The lowest BCUT2D eigenvalue weighted by Crippen LogP contribution is -2.33. The van der Waals surface area contributed by atoms with E-state index >= 15 is 0 Å². The van der Waals surface area contributed by atoms with Gasteiger partial charge in [-0.2, -0.15) is 0 Å². The summed E-state index contributed by atoms with van der Waals surface area (Å²) in [6, 6.07) is 4.35. The van der Waals surface area contributed by atoms with E-state index in [9.17, 15) is 5.11 Å². The molecule has 1 aromatic heterocycles. The molecule has 0 spiro atoms. The number of likely N-dealkylation sites (N-methyl/N-ethyl adjacent to an activating group) is 1. The summed E-state index contributed by atoms with van der Waals surface area (Å²) in [6.45, 7) is 4.00. The van der Waals surface area contributed by atoms with Crippen molar-refractivity contribution in [2.45, 2.75) is 31.8 Å². The number of aliphatic hydroxyl groups is 1. The minimum atomic E-state index is -0.482. The van der Waals surface area contributed by atoms with Crippen LogP contribution in [-0.4, -0.2) is 35.7 Å². The van der Waals surface area contributed by atoms with Crippen molar-refractivity contribution in [2.75, 3.05) is 20.1 Å². The van der Waals surface area contributed by atoms with Crippen LogP contribution in [0.15, 0.2) is 12.1 Å². The van der Waals surface area contributed by atoms with Crippen molar-refractivity contribution in [2.24, 2.45) is 0 Å². The number of aryl methyl sites for hydroxylation is 1. The van der Waals surface area contributed by atoms with Crippen LogP contribution < -0.4 is 0 Å².